The number of ketones is 1. The second kappa shape index (κ2) is 6.33. The van der Waals surface area contributed by atoms with Gasteiger partial charge in [0.15, 0.2) is 5.78 Å². The Kier molecular flexibility index (Phi) is 4.75. The summed E-state index contributed by atoms with van der Waals surface area (Å²) in [7, 11) is 0. The Hall–Kier alpha value is -1.16. The molecule has 1 aromatic heterocycles. The number of carbonyl (C=O) groups is 1. The van der Waals surface area contributed by atoms with Gasteiger partial charge in [-0.05, 0) is 24.8 Å². The summed E-state index contributed by atoms with van der Waals surface area (Å²) in [4.78, 5) is 12.1. The maximum Gasteiger partial charge on any atom is 0.155 e. The van der Waals surface area contributed by atoms with Crippen molar-refractivity contribution in [1.82, 2.24) is 9.78 Å². The van der Waals surface area contributed by atoms with Gasteiger partial charge in [0, 0.05) is 6.20 Å². The van der Waals surface area contributed by atoms with Gasteiger partial charge in [-0.3, -0.25) is 9.48 Å². The average Bonchev–Trinajstić information content (AvgIpc) is 3.06. The fourth-order valence-corrected chi connectivity index (χ4v) is 2.71. The maximum absolute atomic E-state index is 12.1. The van der Waals surface area contributed by atoms with Crippen molar-refractivity contribution in [3.63, 3.8) is 0 Å². The van der Waals surface area contributed by atoms with Crippen LogP contribution in [0.5, 0.6) is 0 Å². The van der Waals surface area contributed by atoms with Crippen LogP contribution in [0, 0.1) is 5.92 Å². The molecule has 1 fully saturated rings. The summed E-state index contributed by atoms with van der Waals surface area (Å²) in [6, 6.07) is 2.13. The minimum atomic E-state index is -0.360. The van der Waals surface area contributed by atoms with Gasteiger partial charge in [0.1, 0.15) is 0 Å². The minimum Gasteiger partial charge on any atom is -0.321 e. The molecule has 106 valence electrons. The average molecular weight is 263 g/mol. The normalized spacial score (nSPS) is 19.5. The van der Waals surface area contributed by atoms with Crippen molar-refractivity contribution in [1.29, 1.82) is 0 Å². The van der Waals surface area contributed by atoms with Gasteiger partial charge in [0.25, 0.3) is 0 Å². The SMILES string of the molecule is CCC(C)C(N)C(=O)Cc1ccn(C2CCCC2)n1. The van der Waals surface area contributed by atoms with E-state index in [1.807, 2.05) is 23.9 Å². The predicted octanol–water partition coefficient (Wildman–Crippen LogP) is 2.48. The second-order valence-corrected chi connectivity index (χ2v) is 5.78. The number of nitrogens with zero attached hydrogens (tertiary/aromatic N) is 2. The predicted molar refractivity (Wildman–Crippen MR) is 75.9 cm³/mol. The van der Waals surface area contributed by atoms with Crippen molar-refractivity contribution in [3.05, 3.63) is 18.0 Å². The summed E-state index contributed by atoms with van der Waals surface area (Å²) in [5.74, 6) is 0.343. The van der Waals surface area contributed by atoms with Crippen molar-refractivity contribution in [2.75, 3.05) is 0 Å². The van der Waals surface area contributed by atoms with E-state index in [-0.39, 0.29) is 17.7 Å². The summed E-state index contributed by atoms with van der Waals surface area (Å²) in [5.41, 5.74) is 6.82. The van der Waals surface area contributed by atoms with E-state index in [1.54, 1.807) is 0 Å². The molecule has 1 saturated carbocycles. The lowest BCUT2D eigenvalue weighted by atomic mass is 9.94. The molecule has 4 heteroatoms. The number of carbonyl (C=O) groups excluding carboxylic acids is 1. The fraction of sp³-hybridized carbons (Fsp3) is 0.733. The highest BCUT2D eigenvalue weighted by atomic mass is 16.1. The molecule has 0 aromatic carbocycles. The molecular weight excluding hydrogens is 238 g/mol. The molecule has 2 unspecified atom stereocenters. The van der Waals surface area contributed by atoms with Crippen molar-refractivity contribution >= 4 is 5.78 Å². The molecule has 19 heavy (non-hydrogen) atoms. The van der Waals surface area contributed by atoms with Crippen LogP contribution in [-0.2, 0) is 11.2 Å². The quantitative estimate of drug-likeness (QED) is 0.857. The fourth-order valence-electron chi connectivity index (χ4n) is 2.71. The lowest BCUT2D eigenvalue weighted by Crippen LogP contribution is -2.37. The molecule has 1 aliphatic rings. The van der Waals surface area contributed by atoms with Gasteiger partial charge in [-0.15, -0.1) is 0 Å². The number of hydrogen-bond donors (Lipinski definition) is 1. The zero-order chi connectivity index (χ0) is 13.8. The Morgan fingerprint density at radius 3 is 2.84 bits per heavy atom. The maximum atomic E-state index is 12.1. The first-order valence-electron chi connectivity index (χ1n) is 7.44. The molecule has 0 aliphatic heterocycles. The van der Waals surface area contributed by atoms with Crippen LogP contribution in [0.25, 0.3) is 0 Å². The summed E-state index contributed by atoms with van der Waals surface area (Å²) in [5, 5.41) is 4.54. The molecule has 0 bridgehead atoms. The number of rotatable bonds is 6. The molecule has 1 aliphatic carbocycles. The number of Topliss-reactive ketones (excluding diaryl/α,β-unsaturated/α-hetero) is 1. The molecule has 2 atom stereocenters. The second-order valence-electron chi connectivity index (χ2n) is 5.78. The van der Waals surface area contributed by atoms with Gasteiger partial charge in [-0.1, -0.05) is 33.1 Å². The number of hydrogen-bond acceptors (Lipinski definition) is 3. The highest BCUT2D eigenvalue weighted by Crippen LogP contribution is 2.28. The van der Waals surface area contributed by atoms with Crippen molar-refractivity contribution in [3.8, 4) is 0 Å². The number of nitrogens with two attached hydrogens (primary N) is 1. The summed E-state index contributed by atoms with van der Waals surface area (Å²) >= 11 is 0. The molecule has 2 rings (SSSR count). The zero-order valence-corrected chi connectivity index (χ0v) is 12.0. The molecular formula is C15H25N3O. The number of aromatic nitrogens is 2. The largest absolute Gasteiger partial charge is 0.321 e. The van der Waals surface area contributed by atoms with Crippen LogP contribution in [0.2, 0.25) is 0 Å². The van der Waals surface area contributed by atoms with Crippen LogP contribution >= 0.6 is 0 Å². The molecule has 1 aromatic rings. The summed E-state index contributed by atoms with van der Waals surface area (Å²) in [6.45, 7) is 4.09. The van der Waals surface area contributed by atoms with E-state index in [9.17, 15) is 4.79 Å². The van der Waals surface area contributed by atoms with Crippen LogP contribution in [0.3, 0.4) is 0 Å². The Bertz CT molecular complexity index is 421. The third-order valence-corrected chi connectivity index (χ3v) is 4.35. The molecule has 0 spiro atoms. The van der Waals surface area contributed by atoms with Crippen molar-refractivity contribution in [2.24, 2.45) is 11.7 Å². The van der Waals surface area contributed by atoms with Gasteiger partial charge in [-0.25, -0.2) is 0 Å². The van der Waals surface area contributed by atoms with E-state index in [0.717, 1.165) is 12.1 Å². The van der Waals surface area contributed by atoms with Crippen LogP contribution in [0.4, 0.5) is 0 Å². The molecule has 1 heterocycles. The molecule has 0 saturated heterocycles. The van der Waals surface area contributed by atoms with Crippen LogP contribution in [0.1, 0.15) is 57.7 Å². The first-order valence-corrected chi connectivity index (χ1v) is 7.44. The summed E-state index contributed by atoms with van der Waals surface area (Å²) in [6.07, 6.45) is 8.31. The van der Waals surface area contributed by atoms with Gasteiger partial charge >= 0.3 is 0 Å². The Balaban J connectivity index is 1.94. The third kappa shape index (κ3) is 3.44. The monoisotopic (exact) mass is 263 g/mol. The van der Waals surface area contributed by atoms with E-state index in [4.69, 9.17) is 5.73 Å². The highest BCUT2D eigenvalue weighted by molar-refractivity contribution is 5.85. The summed E-state index contributed by atoms with van der Waals surface area (Å²) < 4.78 is 2.03. The molecule has 0 amide bonds. The van der Waals surface area contributed by atoms with Crippen LogP contribution < -0.4 is 5.73 Å². The Morgan fingerprint density at radius 2 is 2.21 bits per heavy atom. The minimum absolute atomic E-state index is 0.103. The van der Waals surface area contributed by atoms with Crippen molar-refractivity contribution in [2.45, 2.75) is 64.5 Å². The molecule has 4 nitrogen and oxygen atoms in total. The Morgan fingerprint density at radius 1 is 1.53 bits per heavy atom. The van der Waals surface area contributed by atoms with Gasteiger partial charge in [-0.2, -0.15) is 5.10 Å². The van der Waals surface area contributed by atoms with E-state index in [0.29, 0.717) is 12.5 Å². The van der Waals surface area contributed by atoms with Crippen molar-refractivity contribution < 1.29 is 4.79 Å². The topological polar surface area (TPSA) is 60.9 Å². The van der Waals surface area contributed by atoms with Gasteiger partial charge in [0.2, 0.25) is 0 Å². The first-order chi connectivity index (χ1) is 9.11. The van der Waals surface area contributed by atoms with E-state index >= 15 is 0 Å². The van der Waals surface area contributed by atoms with Crippen LogP contribution in [-0.4, -0.2) is 21.6 Å². The Labute approximate surface area is 115 Å². The van der Waals surface area contributed by atoms with E-state index in [1.165, 1.54) is 25.7 Å². The first kappa shape index (κ1) is 14.3. The molecule has 2 N–H and O–H groups in total. The smallest absolute Gasteiger partial charge is 0.155 e. The lowest BCUT2D eigenvalue weighted by molar-refractivity contribution is -0.120. The third-order valence-electron chi connectivity index (χ3n) is 4.35. The van der Waals surface area contributed by atoms with Gasteiger partial charge in [0.05, 0.1) is 24.2 Å². The van der Waals surface area contributed by atoms with E-state index in [2.05, 4.69) is 12.0 Å². The van der Waals surface area contributed by atoms with E-state index < -0.39 is 0 Å². The lowest BCUT2D eigenvalue weighted by Gasteiger charge is -2.16. The van der Waals surface area contributed by atoms with Crippen LogP contribution in [0.15, 0.2) is 12.3 Å². The standard InChI is InChI=1S/C15H25N3O/c1-3-11(2)15(16)14(19)10-12-8-9-18(17-12)13-6-4-5-7-13/h8-9,11,13,15H,3-7,10,16H2,1-2H3. The highest BCUT2D eigenvalue weighted by Gasteiger charge is 2.22. The zero-order valence-electron chi connectivity index (χ0n) is 12.0. The molecule has 0 radical (unpaired) electrons. The van der Waals surface area contributed by atoms with Gasteiger partial charge < -0.3 is 5.73 Å².